The lowest BCUT2D eigenvalue weighted by molar-refractivity contribution is -0.121. The number of carbonyl (C=O) groups excluding carboxylic acids is 1. The first-order chi connectivity index (χ1) is 11.4. The number of hydrogen-bond acceptors (Lipinski definition) is 4. The zero-order valence-electron chi connectivity index (χ0n) is 13.4. The second-order valence-corrected chi connectivity index (χ2v) is 7.54. The molecule has 0 bridgehead atoms. The lowest BCUT2D eigenvalue weighted by Crippen LogP contribution is -2.31. The lowest BCUT2D eigenvalue weighted by atomic mass is 10.2. The maximum atomic E-state index is 13.1. The summed E-state index contributed by atoms with van der Waals surface area (Å²) in [5, 5.41) is 1.57. The van der Waals surface area contributed by atoms with Crippen molar-refractivity contribution in [3.05, 3.63) is 54.2 Å². The van der Waals surface area contributed by atoms with E-state index < -0.39 is 20.9 Å². The molecule has 1 amide bonds. The number of sulfone groups is 1. The average molecular weight is 353 g/mol. The number of hydrogen-bond donors (Lipinski definition) is 1. The molecule has 0 aliphatic rings. The van der Waals surface area contributed by atoms with Crippen LogP contribution in [-0.2, 0) is 14.6 Å². The van der Waals surface area contributed by atoms with Crippen LogP contribution in [0.1, 0.15) is 37.2 Å². The molecule has 0 saturated carbocycles. The van der Waals surface area contributed by atoms with Crippen molar-refractivity contribution in [1.82, 2.24) is 5.32 Å². The highest BCUT2D eigenvalue weighted by atomic mass is 32.2. The van der Waals surface area contributed by atoms with Gasteiger partial charge in [-0.1, -0.05) is 13.3 Å². The van der Waals surface area contributed by atoms with Crippen LogP contribution in [-0.4, -0.2) is 20.9 Å². The van der Waals surface area contributed by atoms with E-state index in [2.05, 4.69) is 5.32 Å². The van der Waals surface area contributed by atoms with Crippen molar-refractivity contribution in [3.8, 4) is 0 Å². The number of nitrogens with one attached hydrogen (secondary N) is 1. The summed E-state index contributed by atoms with van der Waals surface area (Å²) in [4.78, 5) is 11.8. The van der Waals surface area contributed by atoms with Crippen LogP contribution < -0.4 is 5.32 Å². The molecule has 0 radical (unpaired) electrons. The molecule has 7 heteroatoms. The van der Waals surface area contributed by atoms with Gasteiger partial charge in [-0.05, 0) is 42.8 Å². The summed E-state index contributed by atoms with van der Waals surface area (Å²) in [5.74, 6) is -0.491. The van der Waals surface area contributed by atoms with Crippen LogP contribution in [0.3, 0.4) is 0 Å². The van der Waals surface area contributed by atoms with Gasteiger partial charge in [-0.15, -0.1) is 0 Å². The topological polar surface area (TPSA) is 76.4 Å². The third kappa shape index (κ3) is 4.44. The second-order valence-electron chi connectivity index (χ2n) is 5.41. The molecule has 1 aromatic heterocycles. The van der Waals surface area contributed by atoms with E-state index in [-0.39, 0.29) is 23.1 Å². The van der Waals surface area contributed by atoms with Crippen LogP contribution in [0.25, 0.3) is 0 Å². The third-order valence-electron chi connectivity index (χ3n) is 3.62. The van der Waals surface area contributed by atoms with Crippen LogP contribution in [0.5, 0.6) is 0 Å². The van der Waals surface area contributed by atoms with Crippen LogP contribution >= 0.6 is 0 Å². The predicted molar refractivity (Wildman–Crippen MR) is 87.6 cm³/mol. The molecule has 2 aromatic rings. The zero-order valence-corrected chi connectivity index (χ0v) is 14.2. The number of unbranched alkanes of at least 4 members (excludes halogenated alkanes) is 1. The van der Waals surface area contributed by atoms with Crippen molar-refractivity contribution >= 4 is 15.7 Å². The van der Waals surface area contributed by atoms with E-state index in [1.54, 1.807) is 12.1 Å². The molecule has 24 heavy (non-hydrogen) atoms. The Kier molecular flexibility index (Phi) is 6.14. The Morgan fingerprint density at radius 3 is 2.54 bits per heavy atom. The quantitative estimate of drug-likeness (QED) is 0.739. The summed E-state index contributed by atoms with van der Waals surface area (Å²) in [6.45, 7) is 1.87. The van der Waals surface area contributed by atoms with E-state index in [4.69, 9.17) is 4.42 Å². The standard InChI is InChI=1S/C17H20FNO4S/c1-2-3-6-17(20)19-12-16(15-5-4-11-23-15)24(21,22)14-9-7-13(18)8-10-14/h4-5,7-11,16H,2-3,6,12H2,1H3,(H,19,20). The molecule has 0 fully saturated rings. The fraction of sp³-hybridized carbons (Fsp3) is 0.353. The largest absolute Gasteiger partial charge is 0.468 e. The van der Waals surface area contributed by atoms with E-state index in [9.17, 15) is 17.6 Å². The van der Waals surface area contributed by atoms with Gasteiger partial charge in [0.15, 0.2) is 9.84 Å². The number of benzene rings is 1. The SMILES string of the molecule is CCCCC(=O)NCC(c1ccco1)S(=O)(=O)c1ccc(F)cc1. The van der Waals surface area contributed by atoms with Crippen LogP contribution in [0.4, 0.5) is 4.39 Å². The van der Waals surface area contributed by atoms with Crippen molar-refractivity contribution in [1.29, 1.82) is 0 Å². The average Bonchev–Trinajstić information content (AvgIpc) is 3.07. The molecular formula is C17H20FNO4S. The zero-order chi connectivity index (χ0) is 17.6. The summed E-state index contributed by atoms with van der Waals surface area (Å²) in [7, 11) is -3.83. The summed E-state index contributed by atoms with van der Waals surface area (Å²) < 4.78 is 44.0. The Morgan fingerprint density at radius 2 is 1.96 bits per heavy atom. The van der Waals surface area contributed by atoms with Gasteiger partial charge in [0.1, 0.15) is 16.8 Å². The van der Waals surface area contributed by atoms with Gasteiger partial charge in [-0.25, -0.2) is 12.8 Å². The molecule has 0 aliphatic heterocycles. The fourth-order valence-electron chi connectivity index (χ4n) is 2.26. The molecule has 1 unspecified atom stereocenters. The molecular weight excluding hydrogens is 333 g/mol. The maximum absolute atomic E-state index is 13.1. The highest BCUT2D eigenvalue weighted by molar-refractivity contribution is 7.91. The van der Waals surface area contributed by atoms with Crippen molar-refractivity contribution in [3.63, 3.8) is 0 Å². The van der Waals surface area contributed by atoms with Crippen LogP contribution in [0.15, 0.2) is 52.0 Å². The van der Waals surface area contributed by atoms with Gasteiger partial charge < -0.3 is 9.73 Å². The molecule has 2 rings (SSSR count). The van der Waals surface area contributed by atoms with Crippen LogP contribution in [0.2, 0.25) is 0 Å². The van der Waals surface area contributed by atoms with Crippen LogP contribution in [0, 0.1) is 5.82 Å². The Hall–Kier alpha value is -2.15. The minimum absolute atomic E-state index is 0.0203. The van der Waals surface area contributed by atoms with Crippen molar-refractivity contribution in [2.24, 2.45) is 0 Å². The number of carbonyl (C=O) groups is 1. The van der Waals surface area contributed by atoms with E-state index in [0.717, 1.165) is 25.0 Å². The fourth-order valence-corrected chi connectivity index (χ4v) is 3.85. The number of halogens is 1. The summed E-state index contributed by atoms with van der Waals surface area (Å²) in [5.41, 5.74) is 0. The molecule has 0 aliphatic carbocycles. The smallest absolute Gasteiger partial charge is 0.220 e. The van der Waals surface area contributed by atoms with Gasteiger partial charge >= 0.3 is 0 Å². The number of rotatable bonds is 8. The monoisotopic (exact) mass is 353 g/mol. The van der Waals surface area contributed by atoms with Crippen molar-refractivity contribution in [2.75, 3.05) is 6.54 Å². The first-order valence-electron chi connectivity index (χ1n) is 7.74. The Labute approximate surface area is 140 Å². The van der Waals surface area contributed by atoms with Gasteiger partial charge in [0.2, 0.25) is 5.91 Å². The molecule has 1 heterocycles. The van der Waals surface area contributed by atoms with Crippen molar-refractivity contribution in [2.45, 2.75) is 36.3 Å². The van der Waals surface area contributed by atoms with Gasteiger partial charge in [-0.2, -0.15) is 0 Å². The second kappa shape index (κ2) is 8.10. The molecule has 1 N–H and O–H groups in total. The molecule has 0 saturated heterocycles. The minimum atomic E-state index is -3.83. The van der Waals surface area contributed by atoms with E-state index in [1.807, 2.05) is 6.92 Å². The predicted octanol–water partition coefficient (Wildman–Crippen LogP) is 3.24. The van der Waals surface area contributed by atoms with Gasteiger partial charge in [0.05, 0.1) is 11.2 Å². The highest BCUT2D eigenvalue weighted by Crippen LogP contribution is 2.29. The number of furan rings is 1. The highest BCUT2D eigenvalue weighted by Gasteiger charge is 2.31. The molecule has 1 aromatic carbocycles. The molecule has 5 nitrogen and oxygen atoms in total. The molecule has 130 valence electrons. The lowest BCUT2D eigenvalue weighted by Gasteiger charge is -2.16. The Balaban J connectivity index is 2.23. The minimum Gasteiger partial charge on any atom is -0.468 e. The normalized spacial score (nSPS) is 12.8. The third-order valence-corrected chi connectivity index (χ3v) is 5.70. The first-order valence-corrected chi connectivity index (χ1v) is 9.29. The summed E-state index contributed by atoms with van der Waals surface area (Å²) in [6.07, 6.45) is 3.34. The van der Waals surface area contributed by atoms with Gasteiger partial charge in [-0.3, -0.25) is 4.79 Å². The van der Waals surface area contributed by atoms with Crippen molar-refractivity contribution < 1.29 is 22.0 Å². The summed E-state index contributed by atoms with van der Waals surface area (Å²) >= 11 is 0. The van der Waals surface area contributed by atoms with E-state index in [0.29, 0.717) is 6.42 Å². The van der Waals surface area contributed by atoms with Gasteiger partial charge in [0.25, 0.3) is 0 Å². The van der Waals surface area contributed by atoms with Gasteiger partial charge in [0, 0.05) is 13.0 Å². The Bertz CT molecular complexity index is 754. The molecule has 0 spiro atoms. The Morgan fingerprint density at radius 1 is 1.25 bits per heavy atom. The van der Waals surface area contributed by atoms with E-state index >= 15 is 0 Å². The maximum Gasteiger partial charge on any atom is 0.220 e. The first kappa shape index (κ1) is 18.2. The summed E-state index contributed by atoms with van der Waals surface area (Å²) in [6, 6.07) is 7.72. The van der Waals surface area contributed by atoms with E-state index in [1.165, 1.54) is 18.4 Å². The number of amides is 1. The molecule has 1 atom stereocenters.